The van der Waals surface area contributed by atoms with Crippen LogP contribution in [0.5, 0.6) is 5.75 Å². The fraction of sp³-hybridized carbons (Fsp3) is 0.379. The van der Waals surface area contributed by atoms with E-state index in [9.17, 15) is 5.11 Å². The molecule has 1 atom stereocenters. The Morgan fingerprint density at radius 3 is 2.43 bits per heavy atom. The highest BCUT2D eigenvalue weighted by Gasteiger charge is 2.21. The van der Waals surface area contributed by atoms with E-state index in [2.05, 4.69) is 75.3 Å². The van der Waals surface area contributed by atoms with Crippen LogP contribution in [-0.4, -0.2) is 54.7 Å². The zero-order chi connectivity index (χ0) is 25.2. The minimum atomic E-state index is 0.212. The summed E-state index contributed by atoms with van der Waals surface area (Å²) in [6, 6.07) is 18.5. The van der Waals surface area contributed by atoms with Gasteiger partial charge in [0.05, 0.1) is 15.9 Å². The minimum absolute atomic E-state index is 0.212. The van der Waals surface area contributed by atoms with Gasteiger partial charge in [0, 0.05) is 50.2 Å². The van der Waals surface area contributed by atoms with Gasteiger partial charge in [-0.2, -0.15) is 0 Å². The molecule has 2 aromatic rings. The molecule has 186 valence electrons. The Hall–Kier alpha value is -2.70. The van der Waals surface area contributed by atoms with Gasteiger partial charge < -0.3 is 15.3 Å². The number of para-hydroxylation sites is 1. The topological polar surface area (TPSA) is 60.2 Å². The zero-order valence-corrected chi connectivity index (χ0v) is 22.8. The van der Waals surface area contributed by atoms with Crippen molar-refractivity contribution in [3.05, 3.63) is 87.7 Å². The highest BCUT2D eigenvalue weighted by Crippen LogP contribution is 2.22. The van der Waals surface area contributed by atoms with Gasteiger partial charge in [-0.25, -0.2) is 0 Å². The standard InChI is InChI=1S/C29H37BrN4O/c1-21(24-10-6-5-7-11-24)20-34-16-14-25(15-17-34)32-22(2)18-28(26-12-8-9-13-29(26)35)33-23(3)27(30)19-31-4/h5-13,18-19,21,25,32,35H,14-17,20H2,1-4H3/b22-18+,27-23-,31-19?,33-28-. The molecule has 2 aromatic carbocycles. The smallest absolute Gasteiger partial charge is 0.124 e. The first-order chi connectivity index (χ1) is 16.9. The van der Waals surface area contributed by atoms with Gasteiger partial charge in [0.25, 0.3) is 0 Å². The molecule has 1 fully saturated rings. The summed E-state index contributed by atoms with van der Waals surface area (Å²) in [4.78, 5) is 11.4. The number of aliphatic imine (C=N–C) groups is 2. The number of halogens is 1. The van der Waals surface area contributed by atoms with Gasteiger partial charge in [-0.05, 0) is 72.3 Å². The third kappa shape index (κ3) is 8.18. The molecule has 1 saturated heterocycles. The molecule has 1 aliphatic rings. The van der Waals surface area contributed by atoms with Gasteiger partial charge in [-0.3, -0.25) is 9.98 Å². The number of benzene rings is 2. The first-order valence-corrected chi connectivity index (χ1v) is 13.0. The van der Waals surface area contributed by atoms with Gasteiger partial charge in [0.2, 0.25) is 0 Å². The molecule has 1 heterocycles. The second kappa shape index (κ2) is 13.4. The lowest BCUT2D eigenvalue weighted by atomic mass is 9.98. The molecular formula is C29H37BrN4O. The van der Waals surface area contributed by atoms with Crippen LogP contribution in [0.1, 0.15) is 50.7 Å². The molecule has 5 nitrogen and oxygen atoms in total. The van der Waals surface area contributed by atoms with Crippen molar-refractivity contribution in [1.82, 2.24) is 10.2 Å². The average Bonchev–Trinajstić information content (AvgIpc) is 2.85. The Kier molecular flexibility index (Phi) is 10.3. The third-order valence-corrected chi connectivity index (χ3v) is 7.11. The van der Waals surface area contributed by atoms with E-state index in [1.54, 1.807) is 19.3 Å². The Labute approximate surface area is 218 Å². The van der Waals surface area contributed by atoms with E-state index in [-0.39, 0.29) is 5.75 Å². The first-order valence-electron chi connectivity index (χ1n) is 12.2. The number of nitrogens with one attached hydrogen (secondary N) is 1. The molecule has 0 saturated carbocycles. The number of hydrogen-bond donors (Lipinski definition) is 2. The summed E-state index contributed by atoms with van der Waals surface area (Å²) in [6.45, 7) is 9.58. The van der Waals surface area contributed by atoms with Crippen LogP contribution in [0.4, 0.5) is 0 Å². The number of nitrogens with zero attached hydrogens (tertiary/aromatic N) is 3. The van der Waals surface area contributed by atoms with E-state index in [4.69, 9.17) is 4.99 Å². The third-order valence-electron chi connectivity index (χ3n) is 6.33. The maximum Gasteiger partial charge on any atom is 0.124 e. The van der Waals surface area contributed by atoms with Crippen LogP contribution >= 0.6 is 15.9 Å². The fourth-order valence-electron chi connectivity index (χ4n) is 4.40. The molecule has 0 bridgehead atoms. The summed E-state index contributed by atoms with van der Waals surface area (Å²) < 4.78 is 0.809. The number of phenolic OH excluding ortho intramolecular Hbond substituents is 1. The van der Waals surface area contributed by atoms with Crippen molar-refractivity contribution >= 4 is 27.9 Å². The van der Waals surface area contributed by atoms with Gasteiger partial charge in [0.15, 0.2) is 0 Å². The molecule has 0 amide bonds. The van der Waals surface area contributed by atoms with Gasteiger partial charge >= 0.3 is 0 Å². The second-order valence-electron chi connectivity index (χ2n) is 9.19. The predicted octanol–water partition coefficient (Wildman–Crippen LogP) is 6.27. The number of aromatic hydroxyl groups is 1. The van der Waals surface area contributed by atoms with Crippen LogP contribution in [0.15, 0.2) is 86.5 Å². The van der Waals surface area contributed by atoms with Gasteiger partial charge in [-0.15, -0.1) is 0 Å². The van der Waals surface area contributed by atoms with Crippen molar-refractivity contribution in [2.24, 2.45) is 9.98 Å². The Morgan fingerprint density at radius 1 is 1.11 bits per heavy atom. The van der Waals surface area contributed by atoms with Crippen LogP contribution in [0, 0.1) is 0 Å². The van der Waals surface area contributed by atoms with Gasteiger partial charge in [0.1, 0.15) is 5.75 Å². The fourth-order valence-corrected chi connectivity index (χ4v) is 4.70. The predicted molar refractivity (Wildman–Crippen MR) is 152 cm³/mol. The zero-order valence-electron chi connectivity index (χ0n) is 21.2. The molecule has 2 N–H and O–H groups in total. The molecule has 3 rings (SSSR count). The number of rotatable bonds is 9. The van der Waals surface area contributed by atoms with E-state index in [0.29, 0.717) is 23.2 Å². The molecular weight excluding hydrogens is 500 g/mol. The summed E-state index contributed by atoms with van der Waals surface area (Å²) in [6.07, 6.45) is 5.95. The summed E-state index contributed by atoms with van der Waals surface area (Å²) in [7, 11) is 1.73. The van der Waals surface area contributed by atoms with E-state index >= 15 is 0 Å². The van der Waals surface area contributed by atoms with E-state index in [1.807, 2.05) is 31.2 Å². The molecule has 1 unspecified atom stereocenters. The van der Waals surface area contributed by atoms with Crippen LogP contribution in [0.25, 0.3) is 0 Å². The lowest BCUT2D eigenvalue weighted by Crippen LogP contribution is -2.43. The largest absolute Gasteiger partial charge is 0.507 e. The lowest BCUT2D eigenvalue weighted by molar-refractivity contribution is 0.194. The molecule has 0 spiro atoms. The summed E-state index contributed by atoms with van der Waals surface area (Å²) in [5.74, 6) is 0.747. The van der Waals surface area contributed by atoms with Crippen molar-refractivity contribution in [2.75, 3.05) is 26.7 Å². The summed E-state index contributed by atoms with van der Waals surface area (Å²) in [5, 5.41) is 14.2. The number of phenols is 1. The highest BCUT2D eigenvalue weighted by molar-refractivity contribution is 9.12. The summed E-state index contributed by atoms with van der Waals surface area (Å²) in [5.41, 5.74) is 4.64. The molecule has 1 aliphatic heterocycles. The second-order valence-corrected chi connectivity index (χ2v) is 10.0. The maximum absolute atomic E-state index is 10.5. The lowest BCUT2D eigenvalue weighted by Gasteiger charge is -2.34. The van der Waals surface area contributed by atoms with Crippen molar-refractivity contribution in [3.63, 3.8) is 0 Å². The Balaban J connectivity index is 1.66. The number of piperidine rings is 1. The van der Waals surface area contributed by atoms with Crippen LogP contribution in [0.2, 0.25) is 0 Å². The quantitative estimate of drug-likeness (QED) is 0.371. The first kappa shape index (κ1) is 26.9. The molecule has 35 heavy (non-hydrogen) atoms. The SMILES string of the molecule is CN=C/C(Br)=C(C)/N=C(/C=C(\C)NC1CCN(CC(C)c2ccccc2)CC1)c1ccccc1O. The summed E-state index contributed by atoms with van der Waals surface area (Å²) >= 11 is 3.53. The van der Waals surface area contributed by atoms with Crippen molar-refractivity contribution in [3.8, 4) is 5.75 Å². The number of likely N-dealkylation sites (tertiary alicyclic amines) is 1. The average molecular weight is 538 g/mol. The Morgan fingerprint density at radius 2 is 1.77 bits per heavy atom. The van der Waals surface area contributed by atoms with Crippen LogP contribution in [0.3, 0.4) is 0 Å². The highest BCUT2D eigenvalue weighted by atomic mass is 79.9. The van der Waals surface area contributed by atoms with Crippen molar-refractivity contribution in [2.45, 2.75) is 45.6 Å². The monoisotopic (exact) mass is 536 g/mol. The maximum atomic E-state index is 10.5. The molecule has 6 heteroatoms. The van der Waals surface area contributed by atoms with Gasteiger partial charge in [-0.1, -0.05) is 49.4 Å². The molecule has 0 radical (unpaired) electrons. The van der Waals surface area contributed by atoms with E-state index in [0.717, 1.165) is 48.4 Å². The van der Waals surface area contributed by atoms with Crippen molar-refractivity contribution in [1.29, 1.82) is 0 Å². The van der Waals surface area contributed by atoms with E-state index in [1.165, 1.54) is 5.56 Å². The minimum Gasteiger partial charge on any atom is -0.507 e. The molecule has 0 aromatic heterocycles. The normalized spacial score (nSPS) is 18.0. The van der Waals surface area contributed by atoms with Crippen LogP contribution in [-0.2, 0) is 0 Å². The number of allylic oxidation sites excluding steroid dienone is 4. The van der Waals surface area contributed by atoms with Crippen molar-refractivity contribution < 1.29 is 5.11 Å². The van der Waals surface area contributed by atoms with Crippen LogP contribution < -0.4 is 5.32 Å². The Bertz CT molecular complexity index is 1080. The van der Waals surface area contributed by atoms with E-state index < -0.39 is 0 Å². The number of hydrogen-bond acceptors (Lipinski definition) is 5. The molecule has 0 aliphatic carbocycles.